The maximum absolute atomic E-state index is 9.02. The van der Waals surface area contributed by atoms with Crippen molar-refractivity contribution in [2.24, 2.45) is 0 Å². The highest BCUT2D eigenvalue weighted by molar-refractivity contribution is 5.58. The lowest BCUT2D eigenvalue weighted by Gasteiger charge is -2.17. The maximum atomic E-state index is 9.02. The van der Waals surface area contributed by atoms with Crippen LogP contribution in [0.3, 0.4) is 0 Å². The van der Waals surface area contributed by atoms with Gasteiger partial charge in [0.1, 0.15) is 17.6 Å². The summed E-state index contributed by atoms with van der Waals surface area (Å²) < 4.78 is 5.25. The second kappa shape index (κ2) is 4.58. The highest BCUT2D eigenvalue weighted by Gasteiger charge is 2.10. The zero-order chi connectivity index (χ0) is 12.3. The Kier molecular flexibility index (Phi) is 2.97. The number of aromatic nitrogens is 1. The first-order valence-corrected chi connectivity index (χ1v) is 5.10. The number of nitrogen functional groups attached to an aromatic ring is 1. The van der Waals surface area contributed by atoms with E-state index in [1.165, 1.54) is 6.20 Å². The van der Waals surface area contributed by atoms with E-state index in [9.17, 15) is 0 Å². The quantitative estimate of drug-likeness (QED) is 0.865. The summed E-state index contributed by atoms with van der Waals surface area (Å²) in [6.07, 6.45) is 3.15. The number of nitrogens with two attached hydrogens (primary N) is 1. The molecule has 0 fully saturated rings. The number of hydrogen-bond acceptors (Lipinski definition) is 5. The van der Waals surface area contributed by atoms with E-state index in [0.29, 0.717) is 23.6 Å². The van der Waals surface area contributed by atoms with Crippen LogP contribution in [0.15, 0.2) is 35.1 Å². The largest absolute Gasteiger partial charge is 0.467 e. The summed E-state index contributed by atoms with van der Waals surface area (Å²) >= 11 is 0. The van der Waals surface area contributed by atoms with E-state index >= 15 is 0 Å². The van der Waals surface area contributed by atoms with Crippen LogP contribution in [-0.2, 0) is 6.54 Å². The molecule has 5 nitrogen and oxygen atoms in total. The minimum atomic E-state index is 0.457. The topological polar surface area (TPSA) is 79.1 Å². The summed E-state index contributed by atoms with van der Waals surface area (Å²) in [7, 11) is 1.85. The molecule has 17 heavy (non-hydrogen) atoms. The molecule has 2 aromatic heterocycles. The number of furan rings is 1. The predicted octanol–water partition coefficient (Wildman–Crippen LogP) is 1.76. The first kappa shape index (κ1) is 11.0. The Hall–Kier alpha value is -2.48. The SMILES string of the molecule is CN(Cc1ccco1)c1ncc(N)cc1C#N. The lowest BCUT2D eigenvalue weighted by Crippen LogP contribution is -2.18. The predicted molar refractivity (Wildman–Crippen MR) is 64.2 cm³/mol. The van der Waals surface area contributed by atoms with Gasteiger partial charge in [0.25, 0.3) is 0 Å². The molecule has 0 saturated heterocycles. The van der Waals surface area contributed by atoms with Gasteiger partial charge < -0.3 is 15.1 Å². The molecule has 0 aliphatic carbocycles. The Morgan fingerprint density at radius 2 is 2.41 bits per heavy atom. The van der Waals surface area contributed by atoms with Crippen LogP contribution in [-0.4, -0.2) is 12.0 Å². The molecule has 0 radical (unpaired) electrons. The van der Waals surface area contributed by atoms with Crippen LogP contribution in [0.2, 0.25) is 0 Å². The number of pyridine rings is 1. The molecule has 0 aliphatic rings. The van der Waals surface area contributed by atoms with Crippen molar-refractivity contribution in [1.82, 2.24) is 4.98 Å². The van der Waals surface area contributed by atoms with Crippen molar-refractivity contribution in [2.45, 2.75) is 6.54 Å². The molecule has 2 heterocycles. The van der Waals surface area contributed by atoms with Gasteiger partial charge in [-0.1, -0.05) is 0 Å². The molecule has 0 aromatic carbocycles. The van der Waals surface area contributed by atoms with Crippen LogP contribution in [0, 0.1) is 11.3 Å². The molecule has 0 saturated carbocycles. The number of hydrogen-bond donors (Lipinski definition) is 1. The van der Waals surface area contributed by atoms with E-state index in [4.69, 9.17) is 15.4 Å². The number of rotatable bonds is 3. The Bertz CT molecular complexity index is 542. The molecule has 5 heteroatoms. The van der Waals surface area contributed by atoms with Crippen LogP contribution < -0.4 is 10.6 Å². The summed E-state index contributed by atoms with van der Waals surface area (Å²) in [5.74, 6) is 1.41. The van der Waals surface area contributed by atoms with Gasteiger partial charge in [-0.2, -0.15) is 5.26 Å². The highest BCUT2D eigenvalue weighted by atomic mass is 16.3. The van der Waals surface area contributed by atoms with Crippen molar-refractivity contribution in [3.05, 3.63) is 42.0 Å². The van der Waals surface area contributed by atoms with Crippen molar-refractivity contribution in [2.75, 3.05) is 17.7 Å². The van der Waals surface area contributed by atoms with E-state index in [2.05, 4.69) is 11.1 Å². The zero-order valence-electron chi connectivity index (χ0n) is 9.42. The highest BCUT2D eigenvalue weighted by Crippen LogP contribution is 2.19. The third-order valence-electron chi connectivity index (χ3n) is 2.34. The van der Waals surface area contributed by atoms with Gasteiger partial charge in [-0.3, -0.25) is 0 Å². The Labute approximate surface area is 99.1 Å². The Morgan fingerprint density at radius 3 is 3.06 bits per heavy atom. The molecule has 0 unspecified atom stereocenters. The van der Waals surface area contributed by atoms with Gasteiger partial charge in [0.05, 0.1) is 30.3 Å². The zero-order valence-corrected chi connectivity index (χ0v) is 9.42. The molecule has 2 N–H and O–H groups in total. The van der Waals surface area contributed by atoms with Crippen molar-refractivity contribution >= 4 is 11.5 Å². The smallest absolute Gasteiger partial charge is 0.146 e. The Balaban J connectivity index is 2.25. The summed E-state index contributed by atoms with van der Waals surface area (Å²) in [5.41, 5.74) is 6.53. The van der Waals surface area contributed by atoms with Crippen LogP contribution in [0.4, 0.5) is 11.5 Å². The second-order valence-corrected chi connectivity index (χ2v) is 3.69. The van der Waals surface area contributed by atoms with Gasteiger partial charge in [-0.05, 0) is 18.2 Å². The average Bonchev–Trinajstić information content (AvgIpc) is 2.81. The van der Waals surface area contributed by atoms with Crippen LogP contribution >= 0.6 is 0 Å². The van der Waals surface area contributed by atoms with Crippen molar-refractivity contribution in [3.8, 4) is 6.07 Å². The molecule has 0 spiro atoms. The third kappa shape index (κ3) is 2.37. The molecular formula is C12H12N4O. The molecule has 0 aliphatic heterocycles. The van der Waals surface area contributed by atoms with Gasteiger partial charge >= 0.3 is 0 Å². The molecule has 0 amide bonds. The monoisotopic (exact) mass is 228 g/mol. The van der Waals surface area contributed by atoms with Crippen LogP contribution in [0.25, 0.3) is 0 Å². The molecule has 2 aromatic rings. The summed E-state index contributed by atoms with van der Waals surface area (Å²) in [4.78, 5) is 6.01. The standard InChI is InChI=1S/C12H12N4O/c1-16(8-11-3-2-4-17-11)12-9(6-13)5-10(14)7-15-12/h2-5,7H,8,14H2,1H3. The first-order chi connectivity index (χ1) is 8.20. The fourth-order valence-corrected chi connectivity index (χ4v) is 1.57. The van der Waals surface area contributed by atoms with Gasteiger partial charge in [0.2, 0.25) is 0 Å². The van der Waals surface area contributed by atoms with Gasteiger partial charge in [-0.15, -0.1) is 0 Å². The minimum absolute atomic E-state index is 0.457. The van der Waals surface area contributed by atoms with Crippen molar-refractivity contribution in [3.63, 3.8) is 0 Å². The lowest BCUT2D eigenvalue weighted by molar-refractivity contribution is 0.507. The third-order valence-corrected chi connectivity index (χ3v) is 2.34. The Morgan fingerprint density at radius 1 is 1.59 bits per heavy atom. The molecule has 0 bridgehead atoms. The summed E-state index contributed by atoms with van der Waals surface area (Å²) in [5, 5.41) is 9.02. The van der Waals surface area contributed by atoms with Gasteiger partial charge in [-0.25, -0.2) is 4.98 Å². The first-order valence-electron chi connectivity index (χ1n) is 5.10. The van der Waals surface area contributed by atoms with E-state index in [-0.39, 0.29) is 0 Å². The van der Waals surface area contributed by atoms with Crippen LogP contribution in [0.5, 0.6) is 0 Å². The van der Waals surface area contributed by atoms with E-state index in [0.717, 1.165) is 5.76 Å². The van der Waals surface area contributed by atoms with E-state index < -0.39 is 0 Å². The van der Waals surface area contributed by atoms with E-state index in [1.54, 1.807) is 12.3 Å². The fraction of sp³-hybridized carbons (Fsp3) is 0.167. The number of nitriles is 1. The molecule has 2 rings (SSSR count). The van der Waals surface area contributed by atoms with Crippen molar-refractivity contribution < 1.29 is 4.42 Å². The maximum Gasteiger partial charge on any atom is 0.146 e. The second-order valence-electron chi connectivity index (χ2n) is 3.69. The lowest BCUT2D eigenvalue weighted by atomic mass is 10.2. The number of nitrogens with zero attached hydrogens (tertiary/aromatic N) is 3. The number of anilines is 2. The molecule has 86 valence electrons. The van der Waals surface area contributed by atoms with E-state index in [1.807, 2.05) is 24.1 Å². The van der Waals surface area contributed by atoms with Crippen molar-refractivity contribution in [1.29, 1.82) is 5.26 Å². The molecule has 0 atom stereocenters. The van der Waals surface area contributed by atoms with Crippen LogP contribution in [0.1, 0.15) is 11.3 Å². The molecular weight excluding hydrogens is 216 g/mol. The average molecular weight is 228 g/mol. The summed E-state index contributed by atoms with van der Waals surface area (Å²) in [6, 6.07) is 7.39. The fourth-order valence-electron chi connectivity index (χ4n) is 1.57. The van der Waals surface area contributed by atoms with Gasteiger partial charge in [0.15, 0.2) is 0 Å². The normalized spacial score (nSPS) is 9.88. The minimum Gasteiger partial charge on any atom is -0.467 e. The van der Waals surface area contributed by atoms with Gasteiger partial charge in [0, 0.05) is 7.05 Å². The summed E-state index contributed by atoms with van der Waals surface area (Å²) in [6.45, 7) is 0.554.